The van der Waals surface area contributed by atoms with Gasteiger partial charge in [0.2, 0.25) is 0 Å². The number of aryl methyl sites for hydroxylation is 1. The molecule has 0 amide bonds. The Bertz CT molecular complexity index is 736. The van der Waals surface area contributed by atoms with Crippen molar-refractivity contribution in [2.75, 3.05) is 20.2 Å². The van der Waals surface area contributed by atoms with E-state index in [0.29, 0.717) is 11.3 Å². The molecule has 1 atom stereocenters. The first kappa shape index (κ1) is 15.1. The van der Waals surface area contributed by atoms with Gasteiger partial charge in [0.1, 0.15) is 5.75 Å². The van der Waals surface area contributed by atoms with Gasteiger partial charge in [-0.05, 0) is 50.4 Å². The van der Waals surface area contributed by atoms with E-state index >= 15 is 0 Å². The van der Waals surface area contributed by atoms with Gasteiger partial charge in [0.25, 0.3) is 0 Å². The number of aromatic nitrogens is 1. The molecule has 4 heteroatoms. The molecular weight excluding hydrogens is 276 g/mol. The molecule has 0 aliphatic carbocycles. The van der Waals surface area contributed by atoms with E-state index in [2.05, 4.69) is 16.8 Å². The van der Waals surface area contributed by atoms with Gasteiger partial charge >= 0.3 is 0 Å². The van der Waals surface area contributed by atoms with Crippen molar-refractivity contribution in [3.8, 4) is 5.75 Å². The zero-order valence-electron chi connectivity index (χ0n) is 13.6. The standard InChI is InChI=1S/C18H24N2O2/c1-12-5-4-8-20(10-12)11-16-13(2)19-17-7-6-14(22-3)9-15(17)18(16)21/h6-7,9,12H,4-5,8,10-11H2,1-3H3,(H,19,21)/t12-/m0/s1. The molecule has 1 aliphatic rings. The van der Waals surface area contributed by atoms with Crippen LogP contribution in [0.15, 0.2) is 23.0 Å². The molecule has 0 spiro atoms. The summed E-state index contributed by atoms with van der Waals surface area (Å²) in [6.45, 7) is 7.18. The number of nitrogens with one attached hydrogen (secondary N) is 1. The van der Waals surface area contributed by atoms with Gasteiger partial charge in [-0.1, -0.05) is 6.92 Å². The van der Waals surface area contributed by atoms with Gasteiger partial charge in [-0.3, -0.25) is 9.69 Å². The maximum Gasteiger partial charge on any atom is 0.194 e. The minimum absolute atomic E-state index is 0.128. The fourth-order valence-corrected chi connectivity index (χ4v) is 3.40. The largest absolute Gasteiger partial charge is 0.497 e. The Morgan fingerprint density at radius 1 is 1.41 bits per heavy atom. The van der Waals surface area contributed by atoms with Crippen LogP contribution in [0.5, 0.6) is 5.75 Å². The van der Waals surface area contributed by atoms with E-state index in [9.17, 15) is 4.79 Å². The van der Waals surface area contributed by atoms with Crippen molar-refractivity contribution in [1.82, 2.24) is 9.88 Å². The summed E-state index contributed by atoms with van der Waals surface area (Å²) in [5.74, 6) is 1.44. The number of hydrogen-bond donors (Lipinski definition) is 1. The average Bonchev–Trinajstić information content (AvgIpc) is 2.51. The summed E-state index contributed by atoms with van der Waals surface area (Å²) in [6.07, 6.45) is 2.51. The van der Waals surface area contributed by atoms with Gasteiger partial charge in [0.05, 0.1) is 7.11 Å². The van der Waals surface area contributed by atoms with Crippen LogP contribution >= 0.6 is 0 Å². The van der Waals surface area contributed by atoms with Crippen LogP contribution < -0.4 is 10.2 Å². The lowest BCUT2D eigenvalue weighted by atomic mass is 9.99. The molecule has 0 unspecified atom stereocenters. The van der Waals surface area contributed by atoms with Crippen molar-refractivity contribution in [3.63, 3.8) is 0 Å². The van der Waals surface area contributed by atoms with Crippen LogP contribution in [-0.4, -0.2) is 30.1 Å². The number of likely N-dealkylation sites (tertiary alicyclic amines) is 1. The van der Waals surface area contributed by atoms with Crippen LogP contribution in [0.2, 0.25) is 0 Å². The van der Waals surface area contributed by atoms with Crippen LogP contribution in [0.4, 0.5) is 0 Å². The first-order valence-electron chi connectivity index (χ1n) is 8.00. The Balaban J connectivity index is 1.99. The number of nitrogens with zero attached hydrogens (tertiary/aromatic N) is 1. The predicted molar refractivity (Wildman–Crippen MR) is 89.5 cm³/mol. The first-order valence-corrected chi connectivity index (χ1v) is 8.00. The molecule has 1 aliphatic heterocycles. The minimum Gasteiger partial charge on any atom is -0.497 e. The number of aromatic amines is 1. The van der Waals surface area contributed by atoms with Gasteiger partial charge in [-0.15, -0.1) is 0 Å². The van der Waals surface area contributed by atoms with Gasteiger partial charge in [0.15, 0.2) is 5.43 Å². The molecule has 1 N–H and O–H groups in total. The number of fused-ring (bicyclic) bond motifs is 1. The Kier molecular flexibility index (Phi) is 4.21. The molecule has 4 nitrogen and oxygen atoms in total. The summed E-state index contributed by atoms with van der Waals surface area (Å²) in [4.78, 5) is 18.6. The third-order valence-electron chi connectivity index (χ3n) is 4.64. The molecule has 1 aromatic carbocycles. The van der Waals surface area contributed by atoms with Crippen LogP contribution in [0.25, 0.3) is 10.9 Å². The number of methoxy groups -OCH3 is 1. The van der Waals surface area contributed by atoms with E-state index in [1.807, 2.05) is 25.1 Å². The molecule has 1 saturated heterocycles. The molecule has 2 aromatic rings. The number of ether oxygens (including phenoxy) is 1. The van der Waals surface area contributed by atoms with Crippen LogP contribution in [0.3, 0.4) is 0 Å². The Morgan fingerprint density at radius 3 is 2.95 bits per heavy atom. The van der Waals surface area contributed by atoms with Gasteiger partial charge in [0, 0.05) is 35.2 Å². The summed E-state index contributed by atoms with van der Waals surface area (Å²) in [5.41, 5.74) is 2.86. The van der Waals surface area contributed by atoms with Crippen molar-refractivity contribution < 1.29 is 4.74 Å². The highest BCUT2D eigenvalue weighted by molar-refractivity contribution is 5.81. The SMILES string of the molecule is COc1ccc2[nH]c(C)c(CN3CCC[C@H](C)C3)c(=O)c2c1. The zero-order valence-corrected chi connectivity index (χ0v) is 13.6. The van der Waals surface area contributed by atoms with E-state index < -0.39 is 0 Å². The van der Waals surface area contributed by atoms with Crippen molar-refractivity contribution >= 4 is 10.9 Å². The number of rotatable bonds is 3. The third kappa shape index (κ3) is 2.88. The number of benzene rings is 1. The molecule has 0 saturated carbocycles. The monoisotopic (exact) mass is 300 g/mol. The second-order valence-electron chi connectivity index (χ2n) is 6.45. The van der Waals surface area contributed by atoms with Gasteiger partial charge in [-0.25, -0.2) is 0 Å². The summed E-state index contributed by atoms with van der Waals surface area (Å²) in [6, 6.07) is 5.62. The lowest BCUT2D eigenvalue weighted by molar-refractivity contribution is 0.176. The summed E-state index contributed by atoms with van der Waals surface area (Å²) >= 11 is 0. The lowest BCUT2D eigenvalue weighted by Gasteiger charge is -2.31. The second kappa shape index (κ2) is 6.13. The summed E-state index contributed by atoms with van der Waals surface area (Å²) < 4.78 is 5.25. The molecule has 3 rings (SSSR count). The van der Waals surface area contributed by atoms with Crippen molar-refractivity contribution in [1.29, 1.82) is 0 Å². The van der Waals surface area contributed by atoms with E-state index in [0.717, 1.165) is 42.2 Å². The molecule has 1 aromatic heterocycles. The van der Waals surface area contributed by atoms with E-state index in [1.165, 1.54) is 12.8 Å². The molecule has 0 radical (unpaired) electrons. The highest BCUT2D eigenvalue weighted by atomic mass is 16.5. The molecule has 22 heavy (non-hydrogen) atoms. The first-order chi connectivity index (χ1) is 10.6. The normalized spacial score (nSPS) is 19.5. The van der Waals surface area contributed by atoms with E-state index in [4.69, 9.17) is 4.74 Å². The molecule has 0 bridgehead atoms. The second-order valence-corrected chi connectivity index (χ2v) is 6.45. The third-order valence-corrected chi connectivity index (χ3v) is 4.64. The Labute approximate surface area is 131 Å². The maximum atomic E-state index is 12.9. The Hall–Kier alpha value is -1.81. The predicted octanol–water partition coefficient (Wildman–Crippen LogP) is 3.08. The van der Waals surface area contributed by atoms with Crippen LogP contribution in [0.1, 0.15) is 31.0 Å². The summed E-state index contributed by atoms with van der Waals surface area (Å²) in [7, 11) is 1.62. The van der Waals surface area contributed by atoms with Crippen molar-refractivity contribution in [2.24, 2.45) is 5.92 Å². The smallest absolute Gasteiger partial charge is 0.194 e. The minimum atomic E-state index is 0.128. The topological polar surface area (TPSA) is 45.3 Å². The molecule has 118 valence electrons. The number of hydrogen-bond acceptors (Lipinski definition) is 3. The van der Waals surface area contributed by atoms with Crippen LogP contribution in [-0.2, 0) is 6.54 Å². The van der Waals surface area contributed by atoms with E-state index in [-0.39, 0.29) is 5.43 Å². The average molecular weight is 300 g/mol. The summed E-state index contributed by atoms with van der Waals surface area (Å²) in [5, 5.41) is 0.713. The fourth-order valence-electron chi connectivity index (χ4n) is 3.40. The number of pyridine rings is 1. The van der Waals surface area contributed by atoms with E-state index in [1.54, 1.807) is 7.11 Å². The Morgan fingerprint density at radius 2 is 2.23 bits per heavy atom. The maximum absolute atomic E-state index is 12.9. The quantitative estimate of drug-likeness (QED) is 0.947. The highest BCUT2D eigenvalue weighted by Gasteiger charge is 2.19. The molecule has 2 heterocycles. The van der Waals surface area contributed by atoms with Crippen molar-refractivity contribution in [2.45, 2.75) is 33.2 Å². The fraction of sp³-hybridized carbons (Fsp3) is 0.500. The molecule has 1 fully saturated rings. The van der Waals surface area contributed by atoms with Gasteiger partial charge < -0.3 is 9.72 Å². The number of piperidine rings is 1. The lowest BCUT2D eigenvalue weighted by Crippen LogP contribution is -2.35. The molecular formula is C18H24N2O2. The number of H-pyrrole nitrogens is 1. The highest BCUT2D eigenvalue weighted by Crippen LogP contribution is 2.21. The zero-order chi connectivity index (χ0) is 15.7. The van der Waals surface area contributed by atoms with Crippen LogP contribution in [0, 0.1) is 12.8 Å². The van der Waals surface area contributed by atoms with Crippen molar-refractivity contribution in [3.05, 3.63) is 39.7 Å². The van der Waals surface area contributed by atoms with Gasteiger partial charge in [-0.2, -0.15) is 0 Å².